The standard InChI is InChI=1S/C14H17FN4O2/c1-3-21-13-6-11(15)4-5-12(13)18-14(20)16-7-10-8-17-19-9(10)2/h4-6,8H,3,7H2,1-2H3,(H,17,19)(H2,16,18,20). The van der Waals surface area contributed by atoms with E-state index in [-0.39, 0.29) is 0 Å². The average Bonchev–Trinajstić information content (AvgIpc) is 2.85. The predicted molar refractivity (Wildman–Crippen MR) is 76.8 cm³/mol. The van der Waals surface area contributed by atoms with E-state index in [4.69, 9.17) is 4.74 Å². The summed E-state index contributed by atoms with van der Waals surface area (Å²) in [5.74, 6) is -0.120. The number of hydrogen-bond donors (Lipinski definition) is 3. The van der Waals surface area contributed by atoms with Crippen LogP contribution in [0.5, 0.6) is 5.75 Å². The van der Waals surface area contributed by atoms with Crippen molar-refractivity contribution in [2.75, 3.05) is 11.9 Å². The molecule has 0 unspecified atom stereocenters. The molecule has 2 amide bonds. The van der Waals surface area contributed by atoms with Gasteiger partial charge in [0.1, 0.15) is 11.6 Å². The molecule has 0 saturated carbocycles. The molecule has 1 aromatic carbocycles. The SMILES string of the molecule is CCOc1cc(F)ccc1NC(=O)NCc1cn[nH]c1C. The minimum absolute atomic E-state index is 0.298. The number of ether oxygens (including phenoxy) is 1. The normalized spacial score (nSPS) is 10.2. The largest absolute Gasteiger partial charge is 0.492 e. The van der Waals surface area contributed by atoms with Gasteiger partial charge in [0.15, 0.2) is 0 Å². The number of benzene rings is 1. The van der Waals surface area contributed by atoms with Gasteiger partial charge < -0.3 is 15.4 Å². The minimum atomic E-state index is -0.418. The summed E-state index contributed by atoms with van der Waals surface area (Å²) in [5, 5.41) is 12.0. The molecule has 0 aliphatic carbocycles. The number of nitrogens with zero attached hydrogens (tertiary/aromatic N) is 1. The first-order valence-corrected chi connectivity index (χ1v) is 6.56. The highest BCUT2D eigenvalue weighted by Crippen LogP contribution is 2.25. The van der Waals surface area contributed by atoms with E-state index < -0.39 is 11.8 Å². The Kier molecular flexibility index (Phi) is 4.76. The van der Waals surface area contributed by atoms with Gasteiger partial charge in [0.05, 0.1) is 18.5 Å². The van der Waals surface area contributed by atoms with Crippen LogP contribution in [0, 0.1) is 12.7 Å². The van der Waals surface area contributed by atoms with E-state index in [2.05, 4.69) is 20.8 Å². The second-order valence-electron chi connectivity index (χ2n) is 4.40. The first-order chi connectivity index (χ1) is 10.1. The van der Waals surface area contributed by atoms with Crippen LogP contribution < -0.4 is 15.4 Å². The van der Waals surface area contributed by atoms with Crippen LogP contribution in [0.4, 0.5) is 14.9 Å². The summed E-state index contributed by atoms with van der Waals surface area (Å²) in [5.41, 5.74) is 2.21. The summed E-state index contributed by atoms with van der Waals surface area (Å²) in [7, 11) is 0. The van der Waals surface area contributed by atoms with E-state index in [1.807, 2.05) is 6.92 Å². The van der Waals surface area contributed by atoms with Gasteiger partial charge in [-0.1, -0.05) is 0 Å². The van der Waals surface area contributed by atoms with Crippen molar-refractivity contribution in [1.82, 2.24) is 15.5 Å². The predicted octanol–water partition coefficient (Wildman–Crippen LogP) is 2.58. The highest BCUT2D eigenvalue weighted by molar-refractivity contribution is 5.90. The molecule has 0 fully saturated rings. The van der Waals surface area contributed by atoms with Crippen molar-refractivity contribution in [2.45, 2.75) is 20.4 Å². The van der Waals surface area contributed by atoms with Crippen molar-refractivity contribution in [1.29, 1.82) is 0 Å². The highest BCUT2D eigenvalue weighted by Gasteiger charge is 2.09. The molecule has 21 heavy (non-hydrogen) atoms. The lowest BCUT2D eigenvalue weighted by Gasteiger charge is -2.12. The Morgan fingerprint density at radius 2 is 2.29 bits per heavy atom. The summed E-state index contributed by atoms with van der Waals surface area (Å²) in [4.78, 5) is 11.9. The number of hydrogen-bond acceptors (Lipinski definition) is 3. The van der Waals surface area contributed by atoms with Crippen LogP contribution in [0.25, 0.3) is 0 Å². The summed E-state index contributed by atoms with van der Waals surface area (Å²) in [6, 6.07) is 3.56. The van der Waals surface area contributed by atoms with Crippen LogP contribution in [0.2, 0.25) is 0 Å². The molecule has 0 bridgehead atoms. The van der Waals surface area contributed by atoms with Crippen molar-refractivity contribution in [3.05, 3.63) is 41.5 Å². The van der Waals surface area contributed by atoms with Crippen LogP contribution >= 0.6 is 0 Å². The minimum Gasteiger partial charge on any atom is -0.492 e. The lowest BCUT2D eigenvalue weighted by atomic mass is 10.2. The quantitative estimate of drug-likeness (QED) is 0.792. The lowest BCUT2D eigenvalue weighted by molar-refractivity contribution is 0.251. The molecule has 112 valence electrons. The monoisotopic (exact) mass is 292 g/mol. The Morgan fingerprint density at radius 1 is 1.48 bits per heavy atom. The second-order valence-corrected chi connectivity index (χ2v) is 4.40. The Balaban J connectivity index is 1.97. The number of aryl methyl sites for hydroxylation is 1. The van der Waals surface area contributed by atoms with Crippen LogP contribution in [0.15, 0.2) is 24.4 Å². The number of H-pyrrole nitrogens is 1. The van der Waals surface area contributed by atoms with Gasteiger partial charge in [-0.25, -0.2) is 9.18 Å². The van der Waals surface area contributed by atoms with E-state index in [1.54, 1.807) is 13.1 Å². The van der Waals surface area contributed by atoms with Gasteiger partial charge >= 0.3 is 6.03 Å². The summed E-state index contributed by atoms with van der Waals surface area (Å²) >= 11 is 0. The van der Waals surface area contributed by atoms with Gasteiger partial charge in [-0.05, 0) is 26.0 Å². The molecule has 1 aromatic heterocycles. The smallest absolute Gasteiger partial charge is 0.319 e. The van der Waals surface area contributed by atoms with E-state index >= 15 is 0 Å². The molecule has 7 heteroatoms. The van der Waals surface area contributed by atoms with Crippen molar-refractivity contribution < 1.29 is 13.9 Å². The molecule has 1 heterocycles. The number of rotatable bonds is 5. The lowest BCUT2D eigenvalue weighted by Crippen LogP contribution is -2.28. The topological polar surface area (TPSA) is 79.0 Å². The molecule has 6 nitrogen and oxygen atoms in total. The number of carbonyl (C=O) groups excluding carboxylic acids is 1. The van der Waals surface area contributed by atoms with Gasteiger partial charge in [0, 0.05) is 23.9 Å². The number of aromatic nitrogens is 2. The molecule has 0 aliphatic heterocycles. The summed E-state index contributed by atoms with van der Waals surface area (Å²) in [6.45, 7) is 4.39. The summed E-state index contributed by atoms with van der Waals surface area (Å²) in [6.07, 6.45) is 1.65. The Hall–Kier alpha value is -2.57. The number of urea groups is 1. The number of aromatic amines is 1. The van der Waals surface area contributed by atoms with Crippen LogP contribution in [-0.2, 0) is 6.54 Å². The first-order valence-electron chi connectivity index (χ1n) is 6.56. The van der Waals surface area contributed by atoms with Gasteiger partial charge in [-0.2, -0.15) is 5.10 Å². The molecule has 0 spiro atoms. The third-order valence-electron chi connectivity index (χ3n) is 2.87. The van der Waals surface area contributed by atoms with Crippen LogP contribution in [-0.4, -0.2) is 22.8 Å². The van der Waals surface area contributed by atoms with Gasteiger partial charge in [0.2, 0.25) is 0 Å². The van der Waals surface area contributed by atoms with Crippen molar-refractivity contribution >= 4 is 11.7 Å². The number of carbonyl (C=O) groups is 1. The van der Waals surface area contributed by atoms with E-state index in [9.17, 15) is 9.18 Å². The third kappa shape index (κ3) is 3.95. The Labute approximate surface area is 121 Å². The maximum absolute atomic E-state index is 13.2. The zero-order valence-electron chi connectivity index (χ0n) is 11.9. The molecule has 2 aromatic rings. The zero-order valence-corrected chi connectivity index (χ0v) is 11.9. The van der Waals surface area contributed by atoms with E-state index in [1.165, 1.54) is 18.2 Å². The van der Waals surface area contributed by atoms with Crippen molar-refractivity contribution in [3.63, 3.8) is 0 Å². The second kappa shape index (κ2) is 6.74. The molecule has 2 rings (SSSR count). The van der Waals surface area contributed by atoms with E-state index in [0.717, 1.165) is 11.3 Å². The fourth-order valence-corrected chi connectivity index (χ4v) is 1.77. The Bertz CT molecular complexity index is 627. The fourth-order valence-electron chi connectivity index (χ4n) is 1.77. The fraction of sp³-hybridized carbons (Fsp3) is 0.286. The first kappa shape index (κ1) is 14.8. The molecule has 0 saturated heterocycles. The van der Waals surface area contributed by atoms with Crippen molar-refractivity contribution in [2.24, 2.45) is 0 Å². The number of nitrogens with one attached hydrogen (secondary N) is 3. The molecule has 0 atom stereocenters. The average molecular weight is 292 g/mol. The third-order valence-corrected chi connectivity index (χ3v) is 2.87. The highest BCUT2D eigenvalue weighted by atomic mass is 19.1. The molecule has 0 radical (unpaired) electrons. The van der Waals surface area contributed by atoms with Gasteiger partial charge in [-0.3, -0.25) is 5.10 Å². The molecular weight excluding hydrogens is 275 g/mol. The van der Waals surface area contributed by atoms with Crippen molar-refractivity contribution in [3.8, 4) is 5.75 Å². The zero-order chi connectivity index (χ0) is 15.2. The summed E-state index contributed by atoms with van der Waals surface area (Å²) < 4.78 is 18.5. The number of halogens is 1. The maximum atomic E-state index is 13.2. The van der Waals surface area contributed by atoms with Crippen LogP contribution in [0.3, 0.4) is 0 Å². The number of amides is 2. The van der Waals surface area contributed by atoms with Crippen LogP contribution in [0.1, 0.15) is 18.2 Å². The Morgan fingerprint density at radius 3 is 2.95 bits per heavy atom. The van der Waals surface area contributed by atoms with Gasteiger partial charge in [-0.15, -0.1) is 0 Å². The number of anilines is 1. The maximum Gasteiger partial charge on any atom is 0.319 e. The molecule has 0 aliphatic rings. The molecule has 3 N–H and O–H groups in total. The van der Waals surface area contributed by atoms with E-state index in [0.29, 0.717) is 24.6 Å². The molecular formula is C14H17FN4O2. The van der Waals surface area contributed by atoms with Gasteiger partial charge in [0.25, 0.3) is 0 Å².